The fourth-order valence-electron chi connectivity index (χ4n) is 2.15. The Kier molecular flexibility index (Phi) is 4.93. The smallest absolute Gasteiger partial charge is 0.123 e. The second-order valence-corrected chi connectivity index (χ2v) is 5.50. The predicted octanol–water partition coefficient (Wildman–Crippen LogP) is 3.70. The lowest BCUT2D eigenvalue weighted by Gasteiger charge is -2.19. The van der Waals surface area contributed by atoms with Gasteiger partial charge in [0, 0.05) is 23.5 Å². The van der Waals surface area contributed by atoms with Crippen molar-refractivity contribution in [3.8, 4) is 5.75 Å². The zero-order valence-corrected chi connectivity index (χ0v) is 12.5. The zero-order chi connectivity index (χ0) is 13.7. The number of rotatable bonds is 6. The molecule has 0 fully saturated rings. The van der Waals surface area contributed by atoms with Crippen molar-refractivity contribution in [2.24, 2.45) is 0 Å². The van der Waals surface area contributed by atoms with Crippen molar-refractivity contribution in [1.29, 1.82) is 0 Å². The molecule has 1 N–H and O–H groups in total. The zero-order valence-electron chi connectivity index (χ0n) is 11.6. The lowest BCUT2D eigenvalue weighted by molar-refractivity contribution is 0.396. The number of nitrogens with zero attached hydrogens (tertiary/aromatic N) is 1. The minimum Gasteiger partial charge on any atom is -0.496 e. The molecule has 102 valence electrons. The van der Waals surface area contributed by atoms with E-state index in [2.05, 4.69) is 34.7 Å². The molecule has 0 saturated heterocycles. The first-order valence-electron chi connectivity index (χ1n) is 6.52. The van der Waals surface area contributed by atoms with Crippen molar-refractivity contribution >= 4 is 11.3 Å². The summed E-state index contributed by atoms with van der Waals surface area (Å²) in [5, 5.41) is 6.78. The van der Waals surface area contributed by atoms with Gasteiger partial charge in [-0.25, -0.2) is 4.98 Å². The number of hydrogen-bond donors (Lipinski definition) is 1. The number of aromatic nitrogens is 1. The molecule has 1 heterocycles. The number of ether oxygens (including phenoxy) is 1. The molecule has 1 aromatic carbocycles. The minimum absolute atomic E-state index is 0.290. The molecule has 0 amide bonds. The molecule has 2 rings (SSSR count). The van der Waals surface area contributed by atoms with Gasteiger partial charge in [-0.3, -0.25) is 0 Å². The maximum atomic E-state index is 5.43. The predicted molar refractivity (Wildman–Crippen MR) is 79.7 cm³/mol. The highest BCUT2D eigenvalue weighted by atomic mass is 32.1. The SMILES string of the molecule is CCC(NCc1csc(C)n1)c1ccccc1OC. The van der Waals surface area contributed by atoms with Crippen LogP contribution < -0.4 is 10.1 Å². The van der Waals surface area contributed by atoms with E-state index in [9.17, 15) is 0 Å². The van der Waals surface area contributed by atoms with Crippen molar-refractivity contribution in [3.05, 3.63) is 45.9 Å². The van der Waals surface area contributed by atoms with Crippen LogP contribution in [0.15, 0.2) is 29.6 Å². The van der Waals surface area contributed by atoms with Gasteiger partial charge in [-0.2, -0.15) is 0 Å². The van der Waals surface area contributed by atoms with Gasteiger partial charge in [0.1, 0.15) is 5.75 Å². The van der Waals surface area contributed by atoms with E-state index in [4.69, 9.17) is 4.74 Å². The highest BCUT2D eigenvalue weighted by Crippen LogP contribution is 2.27. The van der Waals surface area contributed by atoms with Crippen LogP contribution in [0.2, 0.25) is 0 Å². The maximum absolute atomic E-state index is 5.43. The van der Waals surface area contributed by atoms with E-state index in [-0.39, 0.29) is 6.04 Å². The first kappa shape index (κ1) is 14.0. The number of methoxy groups -OCH3 is 1. The Bertz CT molecular complexity index is 524. The lowest BCUT2D eigenvalue weighted by atomic mass is 10.0. The summed E-state index contributed by atoms with van der Waals surface area (Å²) < 4.78 is 5.43. The molecule has 0 saturated carbocycles. The van der Waals surface area contributed by atoms with Crippen LogP contribution in [0.5, 0.6) is 5.75 Å². The summed E-state index contributed by atoms with van der Waals surface area (Å²) in [7, 11) is 1.72. The highest BCUT2D eigenvalue weighted by Gasteiger charge is 2.13. The summed E-state index contributed by atoms with van der Waals surface area (Å²) in [4.78, 5) is 4.48. The summed E-state index contributed by atoms with van der Waals surface area (Å²) in [5.41, 5.74) is 2.32. The summed E-state index contributed by atoms with van der Waals surface area (Å²) in [6, 6.07) is 8.46. The van der Waals surface area contributed by atoms with Crippen LogP contribution in [-0.2, 0) is 6.54 Å². The van der Waals surface area contributed by atoms with Gasteiger partial charge in [-0.15, -0.1) is 11.3 Å². The molecule has 4 heteroatoms. The number of hydrogen-bond acceptors (Lipinski definition) is 4. The summed E-state index contributed by atoms with van der Waals surface area (Å²) >= 11 is 1.69. The number of para-hydroxylation sites is 1. The van der Waals surface area contributed by atoms with Crippen LogP contribution >= 0.6 is 11.3 Å². The Labute approximate surface area is 118 Å². The van der Waals surface area contributed by atoms with Crippen molar-refractivity contribution in [2.75, 3.05) is 7.11 Å². The third-order valence-corrected chi connectivity index (χ3v) is 3.94. The molecule has 0 aliphatic heterocycles. The fourth-order valence-corrected chi connectivity index (χ4v) is 2.76. The van der Waals surface area contributed by atoms with E-state index in [1.54, 1.807) is 18.4 Å². The average Bonchev–Trinajstić information content (AvgIpc) is 2.86. The molecular formula is C15H20N2OS. The molecule has 0 bridgehead atoms. The number of thiazole rings is 1. The Hall–Kier alpha value is -1.39. The van der Waals surface area contributed by atoms with Gasteiger partial charge in [0.2, 0.25) is 0 Å². The summed E-state index contributed by atoms with van der Waals surface area (Å²) in [6.07, 6.45) is 1.02. The monoisotopic (exact) mass is 276 g/mol. The molecule has 0 spiro atoms. The molecule has 0 aliphatic carbocycles. The topological polar surface area (TPSA) is 34.2 Å². The van der Waals surface area contributed by atoms with Crippen LogP contribution in [0.4, 0.5) is 0 Å². The third kappa shape index (κ3) is 3.55. The molecular weight excluding hydrogens is 256 g/mol. The molecule has 0 aliphatic rings. The standard InChI is InChI=1S/C15H20N2OS/c1-4-14(13-7-5-6-8-15(13)18-3)16-9-12-10-19-11(2)17-12/h5-8,10,14,16H,4,9H2,1-3H3. The van der Waals surface area contributed by atoms with Gasteiger partial charge in [-0.05, 0) is 19.4 Å². The fraction of sp³-hybridized carbons (Fsp3) is 0.400. The summed E-state index contributed by atoms with van der Waals surface area (Å²) in [5.74, 6) is 0.941. The number of aryl methyl sites for hydroxylation is 1. The maximum Gasteiger partial charge on any atom is 0.123 e. The molecule has 1 unspecified atom stereocenters. The molecule has 1 aromatic heterocycles. The van der Waals surface area contributed by atoms with E-state index in [1.807, 2.05) is 19.1 Å². The Balaban J connectivity index is 2.07. The normalized spacial score (nSPS) is 12.4. The Morgan fingerprint density at radius 2 is 2.16 bits per heavy atom. The highest BCUT2D eigenvalue weighted by molar-refractivity contribution is 7.09. The second kappa shape index (κ2) is 6.68. The van der Waals surface area contributed by atoms with E-state index in [0.717, 1.165) is 29.4 Å². The molecule has 3 nitrogen and oxygen atoms in total. The van der Waals surface area contributed by atoms with Crippen LogP contribution in [0.25, 0.3) is 0 Å². The first-order chi connectivity index (χ1) is 9.24. The average molecular weight is 276 g/mol. The Morgan fingerprint density at radius 3 is 2.79 bits per heavy atom. The lowest BCUT2D eigenvalue weighted by Crippen LogP contribution is -2.21. The van der Waals surface area contributed by atoms with E-state index in [0.29, 0.717) is 0 Å². The van der Waals surface area contributed by atoms with Gasteiger partial charge in [0.25, 0.3) is 0 Å². The van der Waals surface area contributed by atoms with Crippen molar-refractivity contribution in [1.82, 2.24) is 10.3 Å². The van der Waals surface area contributed by atoms with Crippen LogP contribution in [0.3, 0.4) is 0 Å². The van der Waals surface area contributed by atoms with Crippen molar-refractivity contribution in [3.63, 3.8) is 0 Å². The molecule has 19 heavy (non-hydrogen) atoms. The third-order valence-electron chi connectivity index (χ3n) is 3.12. The Morgan fingerprint density at radius 1 is 1.37 bits per heavy atom. The van der Waals surface area contributed by atoms with E-state index in [1.165, 1.54) is 5.56 Å². The number of benzene rings is 1. The summed E-state index contributed by atoms with van der Waals surface area (Å²) in [6.45, 7) is 5.00. The molecule has 0 radical (unpaired) electrons. The first-order valence-corrected chi connectivity index (χ1v) is 7.39. The molecule has 1 atom stereocenters. The van der Waals surface area contributed by atoms with E-state index < -0.39 is 0 Å². The van der Waals surface area contributed by atoms with Crippen molar-refractivity contribution in [2.45, 2.75) is 32.9 Å². The van der Waals surface area contributed by atoms with E-state index >= 15 is 0 Å². The molecule has 2 aromatic rings. The van der Waals surface area contributed by atoms with Crippen molar-refractivity contribution < 1.29 is 4.74 Å². The van der Waals surface area contributed by atoms with Gasteiger partial charge >= 0.3 is 0 Å². The van der Waals surface area contributed by atoms with Crippen LogP contribution in [0.1, 0.15) is 35.7 Å². The second-order valence-electron chi connectivity index (χ2n) is 4.44. The van der Waals surface area contributed by atoms with Gasteiger partial charge < -0.3 is 10.1 Å². The quantitative estimate of drug-likeness (QED) is 0.873. The largest absolute Gasteiger partial charge is 0.496 e. The van der Waals surface area contributed by atoms with Gasteiger partial charge in [0.05, 0.1) is 17.8 Å². The number of nitrogens with one attached hydrogen (secondary N) is 1. The minimum atomic E-state index is 0.290. The van der Waals surface area contributed by atoms with Crippen LogP contribution in [0, 0.1) is 6.92 Å². The van der Waals surface area contributed by atoms with Crippen LogP contribution in [-0.4, -0.2) is 12.1 Å². The van der Waals surface area contributed by atoms with Gasteiger partial charge in [0.15, 0.2) is 0 Å². The van der Waals surface area contributed by atoms with Gasteiger partial charge in [-0.1, -0.05) is 25.1 Å².